The monoisotopic (exact) mass is 410 g/mol. The van der Waals surface area contributed by atoms with Crippen LogP contribution in [0.3, 0.4) is 0 Å². The van der Waals surface area contributed by atoms with E-state index in [1.165, 1.54) is 0 Å². The molecule has 1 N–H and O–H groups in total. The molecule has 0 aromatic heterocycles. The molecule has 0 fully saturated rings. The van der Waals surface area contributed by atoms with E-state index in [9.17, 15) is 5.11 Å². The van der Waals surface area contributed by atoms with Crippen LogP contribution < -0.4 is 4.74 Å². The zero-order chi connectivity index (χ0) is 14.9. The Bertz CT molecular complexity index is 619. The van der Waals surface area contributed by atoms with Crippen LogP contribution in [0.4, 0.5) is 0 Å². The van der Waals surface area contributed by atoms with Crippen LogP contribution in [-0.4, -0.2) is 32.8 Å². The fourth-order valence-corrected chi connectivity index (χ4v) is 3.10. The predicted octanol–water partition coefficient (Wildman–Crippen LogP) is 3.32. The van der Waals surface area contributed by atoms with Crippen LogP contribution in [0.1, 0.15) is 5.56 Å². The molecular formula is C17H15BrO2Se. The maximum atomic E-state index is 9.88. The molecule has 0 saturated heterocycles. The van der Waals surface area contributed by atoms with Gasteiger partial charge in [-0.15, -0.1) is 0 Å². The Morgan fingerprint density at radius 1 is 1.10 bits per heavy atom. The second-order valence-electron chi connectivity index (χ2n) is 4.30. The Labute approximate surface area is 139 Å². The number of benzene rings is 2. The number of aliphatic hydroxyl groups excluding tert-OH is 1. The van der Waals surface area contributed by atoms with E-state index in [4.69, 9.17) is 4.74 Å². The standard InChI is InChI=1S/C17H15BrO2Se/c18-17-9-5-4-6-14(17)10-11-21-13-15(19)12-20-16-7-2-1-3-8-16/h1-9,15,19H,12-13H2. The summed E-state index contributed by atoms with van der Waals surface area (Å²) in [4.78, 5) is 3.14. The Balaban J connectivity index is 1.73. The molecule has 21 heavy (non-hydrogen) atoms. The first-order valence-corrected chi connectivity index (χ1v) is 9.35. The average molecular weight is 410 g/mol. The summed E-state index contributed by atoms with van der Waals surface area (Å²) in [5.74, 6) is 3.90. The van der Waals surface area contributed by atoms with Gasteiger partial charge in [-0.3, -0.25) is 0 Å². The van der Waals surface area contributed by atoms with Crippen molar-refractivity contribution >= 4 is 30.9 Å². The number of hydrogen-bond acceptors (Lipinski definition) is 2. The number of aliphatic hydroxyl groups is 1. The van der Waals surface area contributed by atoms with Gasteiger partial charge in [-0.2, -0.15) is 0 Å². The Morgan fingerprint density at radius 3 is 2.57 bits per heavy atom. The summed E-state index contributed by atoms with van der Waals surface area (Å²) in [6.45, 7) is 0.308. The number of hydrogen-bond donors (Lipinski definition) is 1. The Morgan fingerprint density at radius 2 is 1.81 bits per heavy atom. The third-order valence-corrected chi connectivity index (χ3v) is 4.96. The average Bonchev–Trinajstić information content (AvgIpc) is 2.52. The van der Waals surface area contributed by atoms with Gasteiger partial charge in [0.05, 0.1) is 0 Å². The fraction of sp³-hybridized carbons (Fsp3) is 0.176. The van der Waals surface area contributed by atoms with Gasteiger partial charge < -0.3 is 0 Å². The van der Waals surface area contributed by atoms with Gasteiger partial charge in [0.1, 0.15) is 0 Å². The van der Waals surface area contributed by atoms with Gasteiger partial charge in [0, 0.05) is 0 Å². The van der Waals surface area contributed by atoms with Crippen LogP contribution in [-0.2, 0) is 0 Å². The van der Waals surface area contributed by atoms with Crippen molar-refractivity contribution in [3.05, 3.63) is 64.6 Å². The van der Waals surface area contributed by atoms with E-state index in [2.05, 4.69) is 26.7 Å². The van der Waals surface area contributed by atoms with Crippen LogP contribution in [0.25, 0.3) is 0 Å². The number of para-hydroxylation sites is 1. The van der Waals surface area contributed by atoms with Gasteiger partial charge >= 0.3 is 140 Å². The van der Waals surface area contributed by atoms with Crippen molar-refractivity contribution in [1.82, 2.24) is 0 Å². The molecule has 0 radical (unpaired) electrons. The molecule has 1 unspecified atom stereocenters. The molecule has 2 nitrogen and oxygen atoms in total. The van der Waals surface area contributed by atoms with E-state index in [1.807, 2.05) is 54.6 Å². The fourth-order valence-electron chi connectivity index (χ4n) is 1.55. The first kappa shape index (κ1) is 16.1. The second kappa shape index (κ2) is 8.92. The van der Waals surface area contributed by atoms with Gasteiger partial charge in [-0.05, 0) is 0 Å². The first-order chi connectivity index (χ1) is 10.3. The third kappa shape index (κ3) is 5.95. The summed E-state index contributed by atoms with van der Waals surface area (Å²) in [6, 6.07) is 17.4. The van der Waals surface area contributed by atoms with Crippen LogP contribution in [0.2, 0.25) is 5.32 Å². The zero-order valence-corrected chi connectivity index (χ0v) is 14.6. The third-order valence-electron chi connectivity index (χ3n) is 2.59. The van der Waals surface area contributed by atoms with Crippen molar-refractivity contribution in [3.8, 4) is 16.5 Å². The predicted molar refractivity (Wildman–Crippen MR) is 89.5 cm³/mol. The molecule has 108 valence electrons. The Hall–Kier alpha value is -1.24. The van der Waals surface area contributed by atoms with E-state index in [-0.39, 0.29) is 15.0 Å². The Kier molecular flexibility index (Phi) is 6.85. The quantitative estimate of drug-likeness (QED) is 0.606. The van der Waals surface area contributed by atoms with Crippen LogP contribution in [0, 0.1) is 10.7 Å². The molecule has 0 aliphatic rings. The summed E-state index contributed by atoms with van der Waals surface area (Å²) in [5.41, 5.74) is 0.981. The van der Waals surface area contributed by atoms with Crippen LogP contribution in [0.5, 0.6) is 5.75 Å². The van der Waals surface area contributed by atoms with Crippen LogP contribution >= 0.6 is 15.9 Å². The molecule has 0 heterocycles. The normalized spacial score (nSPS) is 11.3. The minimum absolute atomic E-state index is 0.0781. The van der Waals surface area contributed by atoms with E-state index in [1.54, 1.807) is 0 Å². The molecule has 0 amide bonds. The van der Waals surface area contributed by atoms with Crippen molar-refractivity contribution in [2.24, 2.45) is 0 Å². The second-order valence-corrected chi connectivity index (χ2v) is 6.88. The molecular weight excluding hydrogens is 395 g/mol. The maximum absolute atomic E-state index is 9.88. The van der Waals surface area contributed by atoms with Crippen molar-refractivity contribution in [2.75, 3.05) is 6.61 Å². The molecule has 0 saturated carbocycles. The van der Waals surface area contributed by atoms with Crippen molar-refractivity contribution < 1.29 is 9.84 Å². The van der Waals surface area contributed by atoms with Crippen LogP contribution in [0.15, 0.2) is 59.1 Å². The molecule has 4 heteroatoms. The molecule has 0 aliphatic carbocycles. The van der Waals surface area contributed by atoms with E-state index >= 15 is 0 Å². The van der Waals surface area contributed by atoms with Gasteiger partial charge in [-0.25, -0.2) is 0 Å². The molecule has 0 aliphatic heterocycles. The molecule has 0 bridgehead atoms. The molecule has 2 aromatic carbocycles. The van der Waals surface area contributed by atoms with Crippen molar-refractivity contribution in [3.63, 3.8) is 0 Å². The topological polar surface area (TPSA) is 29.5 Å². The summed E-state index contributed by atoms with van der Waals surface area (Å²) in [5, 5.41) is 10.5. The molecule has 0 spiro atoms. The molecule has 2 rings (SSSR count). The molecule has 2 aromatic rings. The number of ether oxygens (including phenoxy) is 1. The van der Waals surface area contributed by atoms with E-state index < -0.39 is 6.10 Å². The van der Waals surface area contributed by atoms with E-state index in [0.717, 1.165) is 15.8 Å². The van der Waals surface area contributed by atoms with Crippen molar-refractivity contribution in [1.29, 1.82) is 0 Å². The van der Waals surface area contributed by atoms with E-state index in [0.29, 0.717) is 11.9 Å². The summed E-state index contributed by atoms with van der Waals surface area (Å²) in [6.07, 6.45) is -0.473. The zero-order valence-electron chi connectivity index (χ0n) is 11.3. The van der Waals surface area contributed by atoms with Gasteiger partial charge in [0.15, 0.2) is 0 Å². The van der Waals surface area contributed by atoms with Gasteiger partial charge in [-0.1, -0.05) is 0 Å². The number of rotatable bonds is 5. The van der Waals surface area contributed by atoms with Gasteiger partial charge in [0.25, 0.3) is 0 Å². The minimum atomic E-state index is -0.473. The first-order valence-electron chi connectivity index (χ1n) is 6.49. The SMILES string of the molecule is OC(COc1ccccc1)C[Se]C#Cc1ccccc1Br. The number of halogens is 1. The molecule has 1 atom stereocenters. The van der Waals surface area contributed by atoms with Crippen molar-refractivity contribution in [2.45, 2.75) is 11.4 Å². The summed E-state index contributed by atoms with van der Waals surface area (Å²) >= 11 is 3.54. The summed E-state index contributed by atoms with van der Waals surface area (Å²) in [7, 11) is 0. The van der Waals surface area contributed by atoms with Gasteiger partial charge in [0.2, 0.25) is 0 Å². The summed E-state index contributed by atoms with van der Waals surface area (Å²) < 4.78 is 6.51.